The lowest BCUT2D eigenvalue weighted by molar-refractivity contribution is 0.0674. The third-order valence-electron chi connectivity index (χ3n) is 2.13. The first-order valence-corrected chi connectivity index (χ1v) is 5.14. The number of aromatic nitrogens is 1. The minimum absolute atomic E-state index is 0.133. The zero-order valence-electron chi connectivity index (χ0n) is 5.83. The number of halogens is 1. The van der Waals surface area contributed by atoms with E-state index in [0.717, 1.165) is 17.3 Å². The molecule has 11 heavy (non-hydrogen) atoms. The highest BCUT2D eigenvalue weighted by atomic mass is 79.9. The van der Waals surface area contributed by atoms with Gasteiger partial charge in [0.25, 0.3) is 0 Å². The van der Waals surface area contributed by atoms with Crippen molar-refractivity contribution in [2.45, 2.75) is 24.9 Å². The van der Waals surface area contributed by atoms with Crippen molar-refractivity contribution < 1.29 is 5.11 Å². The highest BCUT2D eigenvalue weighted by Gasteiger charge is 2.32. The second-order valence-electron chi connectivity index (χ2n) is 2.79. The SMILES string of the molecule is OC1CCC1c1sncc1Br. The van der Waals surface area contributed by atoms with Crippen LogP contribution in [0, 0.1) is 0 Å². The molecule has 0 amide bonds. The number of hydrogen-bond donors (Lipinski definition) is 1. The molecule has 0 spiro atoms. The predicted molar refractivity (Wildman–Crippen MR) is 47.8 cm³/mol. The van der Waals surface area contributed by atoms with E-state index >= 15 is 0 Å². The number of rotatable bonds is 1. The first kappa shape index (κ1) is 7.71. The fourth-order valence-corrected chi connectivity index (χ4v) is 2.84. The zero-order valence-corrected chi connectivity index (χ0v) is 8.23. The Labute approximate surface area is 77.5 Å². The quantitative estimate of drug-likeness (QED) is 0.807. The molecule has 1 fully saturated rings. The molecule has 1 aromatic rings. The van der Waals surface area contributed by atoms with Crippen LogP contribution in [0.5, 0.6) is 0 Å². The van der Waals surface area contributed by atoms with E-state index in [2.05, 4.69) is 20.3 Å². The first-order chi connectivity index (χ1) is 5.29. The van der Waals surface area contributed by atoms with Crippen LogP contribution < -0.4 is 0 Å². The van der Waals surface area contributed by atoms with Crippen LogP contribution in [0.25, 0.3) is 0 Å². The van der Waals surface area contributed by atoms with Crippen molar-refractivity contribution in [3.63, 3.8) is 0 Å². The maximum atomic E-state index is 9.36. The molecule has 2 rings (SSSR count). The third kappa shape index (κ3) is 1.23. The van der Waals surface area contributed by atoms with Crippen molar-refractivity contribution in [3.05, 3.63) is 15.5 Å². The standard InChI is InChI=1S/C7H8BrNOS/c8-5-3-9-11-7(5)4-1-2-6(4)10/h3-4,6,10H,1-2H2. The van der Waals surface area contributed by atoms with E-state index in [0.29, 0.717) is 5.92 Å². The molecule has 1 aliphatic rings. The van der Waals surface area contributed by atoms with Crippen LogP contribution in [-0.4, -0.2) is 15.6 Å². The van der Waals surface area contributed by atoms with Crippen molar-refractivity contribution in [2.24, 2.45) is 0 Å². The molecule has 0 aliphatic heterocycles. The molecule has 1 aliphatic carbocycles. The number of aliphatic hydroxyl groups is 1. The highest BCUT2D eigenvalue weighted by molar-refractivity contribution is 9.10. The zero-order chi connectivity index (χ0) is 7.84. The second kappa shape index (κ2) is 2.84. The van der Waals surface area contributed by atoms with Crippen molar-refractivity contribution in [1.82, 2.24) is 4.37 Å². The van der Waals surface area contributed by atoms with E-state index in [-0.39, 0.29) is 6.10 Å². The highest BCUT2D eigenvalue weighted by Crippen LogP contribution is 2.41. The Hall–Kier alpha value is 0.0700. The van der Waals surface area contributed by atoms with Crippen molar-refractivity contribution in [3.8, 4) is 0 Å². The minimum atomic E-state index is -0.133. The largest absolute Gasteiger partial charge is 0.392 e. The van der Waals surface area contributed by atoms with Crippen LogP contribution in [0.2, 0.25) is 0 Å². The Morgan fingerprint density at radius 3 is 2.82 bits per heavy atom. The third-order valence-corrected chi connectivity index (χ3v) is 3.95. The normalized spacial score (nSPS) is 30.0. The number of hydrogen-bond acceptors (Lipinski definition) is 3. The van der Waals surface area contributed by atoms with Gasteiger partial charge in [-0.2, -0.15) is 4.37 Å². The molecule has 1 saturated carbocycles. The van der Waals surface area contributed by atoms with Gasteiger partial charge in [0, 0.05) is 10.8 Å². The Bertz CT molecular complexity index is 263. The summed E-state index contributed by atoms with van der Waals surface area (Å²) in [5.74, 6) is 0.344. The summed E-state index contributed by atoms with van der Waals surface area (Å²) in [7, 11) is 0. The lowest BCUT2D eigenvalue weighted by atomic mass is 9.81. The van der Waals surface area contributed by atoms with Crippen molar-refractivity contribution >= 4 is 27.5 Å². The van der Waals surface area contributed by atoms with Crippen LogP contribution in [0.3, 0.4) is 0 Å². The summed E-state index contributed by atoms with van der Waals surface area (Å²) in [5.41, 5.74) is 0. The molecule has 1 heterocycles. The summed E-state index contributed by atoms with van der Waals surface area (Å²) in [6.45, 7) is 0. The van der Waals surface area contributed by atoms with Gasteiger partial charge < -0.3 is 5.11 Å². The molecule has 0 bridgehead atoms. The van der Waals surface area contributed by atoms with Crippen molar-refractivity contribution in [2.75, 3.05) is 0 Å². The van der Waals surface area contributed by atoms with Crippen LogP contribution in [0.4, 0.5) is 0 Å². The van der Waals surface area contributed by atoms with Crippen LogP contribution in [0.15, 0.2) is 10.7 Å². The minimum Gasteiger partial charge on any atom is -0.392 e. The van der Waals surface area contributed by atoms with E-state index in [1.54, 1.807) is 6.20 Å². The topological polar surface area (TPSA) is 33.1 Å². The molecule has 60 valence electrons. The molecule has 2 unspecified atom stereocenters. The lowest BCUT2D eigenvalue weighted by Gasteiger charge is -2.31. The molecule has 4 heteroatoms. The van der Waals surface area contributed by atoms with Gasteiger partial charge in [0.1, 0.15) is 0 Å². The van der Waals surface area contributed by atoms with E-state index in [9.17, 15) is 5.11 Å². The van der Waals surface area contributed by atoms with Gasteiger partial charge in [-0.3, -0.25) is 0 Å². The molecule has 2 atom stereocenters. The van der Waals surface area contributed by atoms with E-state index < -0.39 is 0 Å². The average Bonchev–Trinajstić information content (AvgIpc) is 2.34. The van der Waals surface area contributed by atoms with Gasteiger partial charge >= 0.3 is 0 Å². The molecule has 2 nitrogen and oxygen atoms in total. The van der Waals surface area contributed by atoms with Crippen LogP contribution in [0.1, 0.15) is 23.6 Å². The second-order valence-corrected chi connectivity index (χ2v) is 4.48. The predicted octanol–water partition coefficient (Wildman–Crippen LogP) is 2.14. The molecule has 1 aromatic heterocycles. The molecular weight excluding hydrogens is 226 g/mol. The maximum absolute atomic E-state index is 9.36. The molecule has 0 radical (unpaired) electrons. The summed E-state index contributed by atoms with van der Waals surface area (Å²) in [6.07, 6.45) is 3.70. The number of nitrogens with zero attached hydrogens (tertiary/aromatic N) is 1. The number of aliphatic hydroxyl groups excluding tert-OH is 1. The summed E-state index contributed by atoms with van der Waals surface area (Å²) < 4.78 is 5.09. The molecular formula is C7H8BrNOS. The van der Waals surface area contributed by atoms with Crippen LogP contribution >= 0.6 is 27.5 Å². The summed E-state index contributed by atoms with van der Waals surface area (Å²) in [5, 5.41) is 9.36. The Morgan fingerprint density at radius 1 is 1.64 bits per heavy atom. The summed E-state index contributed by atoms with van der Waals surface area (Å²) in [6, 6.07) is 0. The van der Waals surface area contributed by atoms with Gasteiger partial charge in [-0.15, -0.1) is 0 Å². The van der Waals surface area contributed by atoms with E-state index in [1.165, 1.54) is 16.4 Å². The van der Waals surface area contributed by atoms with Gasteiger partial charge in [-0.05, 0) is 40.3 Å². The smallest absolute Gasteiger partial charge is 0.0617 e. The Balaban J connectivity index is 2.22. The molecule has 0 aromatic carbocycles. The van der Waals surface area contributed by atoms with Gasteiger partial charge in [0.05, 0.1) is 16.8 Å². The fraction of sp³-hybridized carbons (Fsp3) is 0.571. The van der Waals surface area contributed by atoms with Crippen LogP contribution in [-0.2, 0) is 0 Å². The summed E-state index contributed by atoms with van der Waals surface area (Å²) >= 11 is 4.89. The van der Waals surface area contributed by atoms with Gasteiger partial charge in [0.15, 0.2) is 0 Å². The molecule has 1 N–H and O–H groups in total. The maximum Gasteiger partial charge on any atom is 0.0617 e. The van der Waals surface area contributed by atoms with E-state index in [1.807, 2.05) is 0 Å². The van der Waals surface area contributed by atoms with Gasteiger partial charge in [0.2, 0.25) is 0 Å². The van der Waals surface area contributed by atoms with Gasteiger partial charge in [-0.1, -0.05) is 0 Å². The Morgan fingerprint density at radius 2 is 2.45 bits per heavy atom. The molecule has 0 saturated heterocycles. The fourth-order valence-electron chi connectivity index (χ4n) is 1.27. The summed E-state index contributed by atoms with van der Waals surface area (Å²) in [4.78, 5) is 1.20. The Kier molecular flexibility index (Phi) is 1.99. The first-order valence-electron chi connectivity index (χ1n) is 3.57. The van der Waals surface area contributed by atoms with Crippen molar-refractivity contribution in [1.29, 1.82) is 0 Å². The van der Waals surface area contributed by atoms with Gasteiger partial charge in [-0.25, -0.2) is 0 Å². The van der Waals surface area contributed by atoms with E-state index in [4.69, 9.17) is 0 Å². The average molecular weight is 234 g/mol. The lowest BCUT2D eigenvalue weighted by Crippen LogP contribution is -2.28. The monoisotopic (exact) mass is 233 g/mol.